The summed E-state index contributed by atoms with van der Waals surface area (Å²) in [6, 6.07) is -0.492. The van der Waals surface area contributed by atoms with Crippen molar-refractivity contribution in [2.24, 2.45) is 7.05 Å². The average molecular weight is 302 g/mol. The molecule has 20 heavy (non-hydrogen) atoms. The molecule has 9 heteroatoms. The number of rotatable bonds is 7. The number of thioether (sulfide) groups is 1. The van der Waals surface area contributed by atoms with Gasteiger partial charge in [0.2, 0.25) is 0 Å². The highest BCUT2D eigenvalue weighted by Gasteiger charge is 2.19. The maximum Gasteiger partial charge on any atom is 0.339 e. The van der Waals surface area contributed by atoms with E-state index in [4.69, 9.17) is 4.74 Å². The van der Waals surface area contributed by atoms with E-state index in [-0.39, 0.29) is 5.97 Å². The van der Waals surface area contributed by atoms with Crippen LogP contribution in [0.4, 0.5) is 0 Å². The van der Waals surface area contributed by atoms with Crippen LogP contribution in [0, 0.1) is 0 Å². The number of carbonyl (C=O) groups excluding carboxylic acids is 1. The molecule has 0 aromatic carbocycles. The number of hydrogen-bond acceptors (Lipinski definition) is 7. The summed E-state index contributed by atoms with van der Waals surface area (Å²) in [5.41, 5.74) is -1.62. The van der Waals surface area contributed by atoms with Crippen LogP contribution in [0.15, 0.2) is 14.7 Å². The number of aryl methyl sites for hydroxylation is 1. The van der Waals surface area contributed by atoms with Crippen LogP contribution in [-0.2, 0) is 16.6 Å². The van der Waals surface area contributed by atoms with Gasteiger partial charge in [-0.1, -0.05) is 18.7 Å². The maximum absolute atomic E-state index is 11.7. The molecular formula is C11H18N4O4S. The number of ether oxygens (including phenoxy) is 1. The molecule has 1 atom stereocenters. The van der Waals surface area contributed by atoms with Crippen molar-refractivity contribution >= 4 is 17.7 Å². The van der Waals surface area contributed by atoms with Gasteiger partial charge in [-0.2, -0.15) is 4.98 Å². The Kier molecular flexibility index (Phi) is 6.46. The minimum Gasteiger partial charge on any atom is -0.465 e. The summed E-state index contributed by atoms with van der Waals surface area (Å²) in [6.45, 7) is 4.54. The highest BCUT2D eigenvalue weighted by Crippen LogP contribution is 2.13. The van der Waals surface area contributed by atoms with Crippen LogP contribution in [-0.4, -0.2) is 45.7 Å². The second-order valence-corrected chi connectivity index (χ2v) is 4.86. The van der Waals surface area contributed by atoms with Gasteiger partial charge in [0.05, 0.1) is 6.61 Å². The van der Waals surface area contributed by atoms with Crippen LogP contribution in [0.25, 0.3) is 0 Å². The fourth-order valence-electron chi connectivity index (χ4n) is 1.45. The number of carbonyl (C=O) groups is 1. The topological polar surface area (TPSA) is 106 Å². The van der Waals surface area contributed by atoms with Gasteiger partial charge in [-0.05, 0) is 13.5 Å². The first-order valence-electron chi connectivity index (χ1n) is 6.19. The number of likely N-dealkylation sites (N-methyl/N-ethyl adjacent to an activating group) is 1. The number of aromatic nitrogens is 3. The van der Waals surface area contributed by atoms with Crippen LogP contribution in [0.2, 0.25) is 0 Å². The van der Waals surface area contributed by atoms with Gasteiger partial charge in [0.25, 0.3) is 0 Å². The van der Waals surface area contributed by atoms with E-state index in [1.165, 1.54) is 16.4 Å². The lowest BCUT2D eigenvalue weighted by molar-refractivity contribution is -0.144. The number of nitrogens with one attached hydrogen (secondary N) is 2. The predicted molar refractivity (Wildman–Crippen MR) is 74.9 cm³/mol. The summed E-state index contributed by atoms with van der Waals surface area (Å²) in [6.07, 6.45) is 0. The van der Waals surface area contributed by atoms with Crippen LogP contribution in [0.1, 0.15) is 13.8 Å². The molecule has 8 nitrogen and oxygen atoms in total. The van der Waals surface area contributed by atoms with Gasteiger partial charge in [-0.25, -0.2) is 0 Å². The lowest BCUT2D eigenvalue weighted by Crippen LogP contribution is -2.40. The van der Waals surface area contributed by atoms with Gasteiger partial charge in [0.15, 0.2) is 5.16 Å². The van der Waals surface area contributed by atoms with Gasteiger partial charge >= 0.3 is 17.1 Å². The molecule has 2 N–H and O–H groups in total. The third kappa shape index (κ3) is 4.49. The fraction of sp³-hybridized carbons (Fsp3) is 0.636. The van der Waals surface area contributed by atoms with Gasteiger partial charge in [0.1, 0.15) is 6.04 Å². The lowest BCUT2D eigenvalue weighted by atomic mass is 10.3. The van der Waals surface area contributed by atoms with Gasteiger partial charge in [-0.15, -0.1) is 0 Å². The van der Waals surface area contributed by atoms with Crippen molar-refractivity contribution in [2.75, 3.05) is 18.9 Å². The van der Waals surface area contributed by atoms with Crippen molar-refractivity contribution < 1.29 is 9.53 Å². The maximum atomic E-state index is 11.7. The van der Waals surface area contributed by atoms with Crippen LogP contribution in [0.3, 0.4) is 0 Å². The van der Waals surface area contributed by atoms with Crippen molar-refractivity contribution in [3.8, 4) is 0 Å². The second-order valence-electron chi connectivity index (χ2n) is 3.87. The summed E-state index contributed by atoms with van der Waals surface area (Å²) in [5.74, 6) is -0.00444. The van der Waals surface area contributed by atoms with E-state index in [1.54, 1.807) is 14.0 Å². The quantitative estimate of drug-likeness (QED) is 0.382. The van der Waals surface area contributed by atoms with Crippen LogP contribution < -0.4 is 16.4 Å². The first kappa shape index (κ1) is 16.4. The summed E-state index contributed by atoms with van der Waals surface area (Å²) < 4.78 is 6.31. The lowest BCUT2D eigenvalue weighted by Gasteiger charge is -2.16. The number of hydrogen-bond donors (Lipinski definition) is 2. The predicted octanol–water partition coefficient (Wildman–Crippen LogP) is -0.898. The second kappa shape index (κ2) is 7.85. The largest absolute Gasteiger partial charge is 0.465 e. The highest BCUT2D eigenvalue weighted by atomic mass is 32.2. The number of aromatic amines is 1. The molecule has 1 heterocycles. The molecule has 0 saturated carbocycles. The number of nitrogens with zero attached hydrogens (tertiary/aromatic N) is 2. The highest BCUT2D eigenvalue weighted by molar-refractivity contribution is 7.99. The van der Waals surface area contributed by atoms with Gasteiger partial charge < -0.3 is 10.1 Å². The molecule has 0 amide bonds. The first-order valence-corrected chi connectivity index (χ1v) is 7.18. The molecule has 0 aliphatic heterocycles. The zero-order valence-corrected chi connectivity index (χ0v) is 12.5. The van der Waals surface area contributed by atoms with E-state index in [9.17, 15) is 14.4 Å². The number of H-pyrrole nitrogens is 1. The Morgan fingerprint density at radius 1 is 1.50 bits per heavy atom. The molecule has 1 aromatic heterocycles. The van der Waals surface area contributed by atoms with E-state index in [1.807, 2.05) is 6.92 Å². The fourth-order valence-corrected chi connectivity index (χ4v) is 2.40. The zero-order valence-electron chi connectivity index (χ0n) is 11.6. The van der Waals surface area contributed by atoms with Crippen molar-refractivity contribution in [3.05, 3.63) is 20.7 Å². The number of esters is 1. The van der Waals surface area contributed by atoms with Gasteiger partial charge in [0, 0.05) is 12.8 Å². The molecule has 1 rings (SSSR count). The van der Waals surface area contributed by atoms with Crippen molar-refractivity contribution in [1.29, 1.82) is 0 Å². The van der Waals surface area contributed by atoms with E-state index in [0.717, 1.165) is 0 Å². The van der Waals surface area contributed by atoms with Gasteiger partial charge in [-0.3, -0.25) is 24.2 Å². The minimum atomic E-state index is -0.846. The van der Waals surface area contributed by atoms with Crippen molar-refractivity contribution in [3.63, 3.8) is 0 Å². The van der Waals surface area contributed by atoms with E-state index in [0.29, 0.717) is 24.1 Å². The normalized spacial score (nSPS) is 12.2. The minimum absolute atomic E-state index is 0.306. The molecule has 0 radical (unpaired) electrons. The van der Waals surface area contributed by atoms with Crippen LogP contribution >= 0.6 is 11.8 Å². The molecule has 1 unspecified atom stereocenters. The molecule has 112 valence electrons. The molecule has 0 saturated heterocycles. The Morgan fingerprint density at radius 3 is 2.80 bits per heavy atom. The third-order valence-electron chi connectivity index (χ3n) is 2.35. The van der Waals surface area contributed by atoms with Crippen molar-refractivity contribution in [2.45, 2.75) is 25.0 Å². The summed E-state index contributed by atoms with van der Waals surface area (Å²) >= 11 is 1.19. The molecule has 0 fully saturated rings. The average Bonchev–Trinajstić information content (AvgIpc) is 2.40. The Labute approximate surface area is 119 Å². The van der Waals surface area contributed by atoms with E-state index < -0.39 is 17.2 Å². The SMILES string of the molecule is CCNC(CSc1nc(=O)c(=O)[nH]n1C)C(=O)OCC. The molecule has 0 bridgehead atoms. The molecule has 0 aliphatic carbocycles. The summed E-state index contributed by atoms with van der Waals surface area (Å²) in [5, 5.41) is 5.68. The third-order valence-corrected chi connectivity index (χ3v) is 3.47. The summed E-state index contributed by atoms with van der Waals surface area (Å²) in [7, 11) is 1.57. The van der Waals surface area contributed by atoms with Crippen molar-refractivity contribution in [1.82, 2.24) is 20.1 Å². The smallest absolute Gasteiger partial charge is 0.339 e. The molecule has 1 aromatic rings. The Hall–Kier alpha value is -1.61. The van der Waals surface area contributed by atoms with Crippen LogP contribution in [0.5, 0.6) is 0 Å². The Balaban J connectivity index is 2.77. The van der Waals surface area contributed by atoms with E-state index >= 15 is 0 Å². The Morgan fingerprint density at radius 2 is 2.20 bits per heavy atom. The zero-order chi connectivity index (χ0) is 15.1. The standard InChI is InChI=1S/C11H18N4O4S/c1-4-12-7(10(18)19-5-2)6-20-11-13-8(16)9(17)14-15(11)3/h7,12H,4-6H2,1-3H3,(H,14,17). The molecule has 0 spiro atoms. The molecular weight excluding hydrogens is 284 g/mol. The molecule has 0 aliphatic rings. The monoisotopic (exact) mass is 302 g/mol. The first-order chi connectivity index (χ1) is 9.49. The summed E-state index contributed by atoms with van der Waals surface area (Å²) in [4.78, 5) is 37.7. The van der Waals surface area contributed by atoms with E-state index in [2.05, 4.69) is 15.4 Å². The Bertz CT molecular complexity index is 568.